The molecule has 5 heterocycles. The van der Waals surface area contributed by atoms with E-state index in [1.165, 1.54) is 23.8 Å². The minimum absolute atomic E-state index is 0.0234. The Balaban J connectivity index is 0.000000162. The molecule has 4 N–H and O–H groups in total. The summed E-state index contributed by atoms with van der Waals surface area (Å²) in [5.74, 6) is -1.05. The molecule has 26 nitrogen and oxygen atoms in total. The van der Waals surface area contributed by atoms with E-state index in [1.807, 2.05) is 61.7 Å². The van der Waals surface area contributed by atoms with E-state index < -0.39 is 34.2 Å². The number of carboxylic acid groups (broad SMARTS) is 2. The second-order valence-electron chi connectivity index (χ2n) is 27.7. The third kappa shape index (κ3) is 11.7. The maximum absolute atomic E-state index is 12.5. The van der Waals surface area contributed by atoms with Crippen molar-refractivity contribution in [2.45, 2.75) is 168 Å². The number of amides is 1. The molecule has 26 heteroatoms. The van der Waals surface area contributed by atoms with Gasteiger partial charge in [-0.2, -0.15) is 20.4 Å². The second kappa shape index (κ2) is 27.1. The summed E-state index contributed by atoms with van der Waals surface area (Å²) in [6, 6.07) is -0.641. The van der Waals surface area contributed by atoms with Crippen LogP contribution < -0.4 is 5.48 Å². The first kappa shape index (κ1) is 71.1. The van der Waals surface area contributed by atoms with Gasteiger partial charge in [0, 0.05) is 130 Å². The Morgan fingerprint density at radius 2 is 1.06 bits per heavy atom. The van der Waals surface area contributed by atoms with E-state index in [0.29, 0.717) is 54.8 Å². The number of aromatic nitrogens is 9. The summed E-state index contributed by atoms with van der Waals surface area (Å²) in [6.45, 7) is 40.2. The molecule has 8 aliphatic carbocycles. The van der Waals surface area contributed by atoms with Crippen molar-refractivity contribution in [2.75, 3.05) is 27.7 Å². The maximum atomic E-state index is 12.5. The molecule has 0 radical (unpaired) electrons. The number of carbonyl (C=O) groups excluding carboxylic acids is 5. The number of carbonyl (C=O) groups is 7. The summed E-state index contributed by atoms with van der Waals surface area (Å²) >= 11 is 0. The first-order valence-electron chi connectivity index (χ1n) is 33.3. The van der Waals surface area contributed by atoms with Gasteiger partial charge in [-0.15, -0.1) is 0 Å². The van der Waals surface area contributed by atoms with Crippen molar-refractivity contribution in [3.05, 3.63) is 143 Å². The number of allylic oxidation sites excluding steroid dienone is 4. The van der Waals surface area contributed by atoms with E-state index in [-0.39, 0.29) is 92.9 Å². The molecule has 5 aromatic rings. The number of esters is 1. The normalized spacial score (nSPS) is 29.0. The zero-order valence-corrected chi connectivity index (χ0v) is 58.0. The predicted octanol–water partition coefficient (Wildman–Crippen LogP) is 8.76. The number of hydrogen-bond donors (Lipinski definition) is 4. The number of aromatic carboxylic acids is 2. The van der Waals surface area contributed by atoms with Crippen molar-refractivity contribution in [1.82, 2.24) is 54.7 Å². The van der Waals surface area contributed by atoms with Crippen LogP contribution in [0.15, 0.2) is 34.3 Å². The van der Waals surface area contributed by atoms with Gasteiger partial charge < -0.3 is 44.0 Å². The van der Waals surface area contributed by atoms with Crippen molar-refractivity contribution >= 4 is 41.2 Å². The number of aryl methyl sites for hydroxylation is 4. The van der Waals surface area contributed by atoms with Gasteiger partial charge in [0.25, 0.3) is 11.9 Å². The molecule has 96 heavy (non-hydrogen) atoms. The van der Waals surface area contributed by atoms with E-state index in [4.69, 9.17) is 40.7 Å². The fourth-order valence-electron chi connectivity index (χ4n) is 17.8. The molecule has 512 valence electrons. The number of nitrogens with zero attached hydrogens (tertiary/aromatic N) is 13. The Morgan fingerprint density at radius 1 is 0.667 bits per heavy atom. The Labute approximate surface area is 561 Å². The van der Waals surface area contributed by atoms with Gasteiger partial charge in [0.2, 0.25) is 17.2 Å². The van der Waals surface area contributed by atoms with E-state index in [9.17, 15) is 43.8 Å². The average molecular weight is 1320 g/mol. The number of rotatable bonds is 5. The molecule has 5 aromatic heterocycles. The molecule has 0 bridgehead atoms. The highest BCUT2D eigenvalue weighted by Gasteiger charge is 2.58. The molecule has 1 saturated carbocycles. The Hall–Kier alpha value is -9.19. The number of ketones is 3. The predicted molar refractivity (Wildman–Crippen MR) is 350 cm³/mol. The van der Waals surface area contributed by atoms with Gasteiger partial charge in [-0.25, -0.2) is 36.1 Å². The van der Waals surface area contributed by atoms with Crippen LogP contribution in [0, 0.1) is 61.1 Å². The van der Waals surface area contributed by atoms with Crippen molar-refractivity contribution in [3.8, 4) is 0 Å². The number of hydroxylamine groups is 1. The minimum atomic E-state index is -0.993. The van der Waals surface area contributed by atoms with E-state index in [2.05, 4.69) is 48.8 Å². The van der Waals surface area contributed by atoms with Crippen molar-refractivity contribution in [3.63, 3.8) is 0 Å². The average Bonchev–Trinajstić information content (AvgIpc) is 1.67. The molecular weight excluding hydrogens is 1230 g/mol. The number of carboxylic acids is 2. The minimum Gasteiger partial charge on any atom is -0.477 e. The van der Waals surface area contributed by atoms with Crippen molar-refractivity contribution in [2.24, 2.45) is 69.6 Å². The van der Waals surface area contributed by atoms with Gasteiger partial charge in [-0.05, 0) is 88.4 Å². The Kier molecular flexibility index (Phi) is 20.1. The van der Waals surface area contributed by atoms with Gasteiger partial charge >= 0.3 is 17.9 Å². The largest absolute Gasteiger partial charge is 0.477 e. The number of Topliss-reactive ketones (excluding diaryl/α,β-unsaturated/α-hetero) is 3. The highest BCUT2D eigenvalue weighted by Crippen LogP contribution is 2.56. The summed E-state index contributed by atoms with van der Waals surface area (Å²) in [6.07, 6.45) is 12.7. The zero-order chi connectivity index (χ0) is 72.0. The van der Waals surface area contributed by atoms with Gasteiger partial charge in [0.1, 0.15) is 28.5 Å². The third-order valence-corrected chi connectivity index (χ3v) is 22.2. The van der Waals surface area contributed by atoms with Crippen LogP contribution in [0.1, 0.15) is 207 Å². The summed E-state index contributed by atoms with van der Waals surface area (Å²) in [4.78, 5) is 96.7. The lowest BCUT2D eigenvalue weighted by molar-refractivity contribution is -0.129. The van der Waals surface area contributed by atoms with Crippen LogP contribution >= 0.6 is 0 Å². The number of hydrogen-bond acceptors (Lipinski definition) is 16. The van der Waals surface area contributed by atoms with Crippen LogP contribution in [-0.2, 0) is 101 Å². The fourth-order valence-corrected chi connectivity index (χ4v) is 17.8. The molecule has 13 rings (SSSR count). The zero-order valence-electron chi connectivity index (χ0n) is 59.0. The number of ether oxygens (including phenoxy) is 1. The molecule has 8 aliphatic rings. The van der Waals surface area contributed by atoms with Gasteiger partial charge in [-0.3, -0.25) is 28.3 Å². The number of nitrogens with one attached hydrogen (secondary N) is 1. The summed E-state index contributed by atoms with van der Waals surface area (Å²) in [7, 11) is 13.0. The van der Waals surface area contributed by atoms with Crippen LogP contribution in [0.4, 0.5) is 0 Å². The van der Waals surface area contributed by atoms with Crippen LogP contribution in [-0.4, -0.2) is 140 Å². The Morgan fingerprint density at radius 3 is 1.50 bits per heavy atom. The van der Waals surface area contributed by atoms with Crippen LogP contribution in [0.25, 0.3) is 14.5 Å². The maximum Gasteiger partial charge on any atom is 0.356 e. The van der Waals surface area contributed by atoms with Crippen molar-refractivity contribution in [1.29, 1.82) is 0 Å². The lowest BCUT2D eigenvalue weighted by Crippen LogP contribution is -2.51. The summed E-state index contributed by atoms with van der Waals surface area (Å²) in [5.41, 5.74) is 10.2. The molecule has 1 amide bonds. The van der Waals surface area contributed by atoms with Crippen LogP contribution in [0.5, 0.6) is 0 Å². The molecule has 13 atom stereocenters. The first-order chi connectivity index (χ1) is 45.7. The number of fused-ring (bicyclic) bond motifs is 13. The first-order valence-corrected chi connectivity index (χ1v) is 32.3. The second-order valence-corrected chi connectivity index (χ2v) is 27.7. The molecular formula is C70H90N14O12. The highest BCUT2D eigenvalue weighted by molar-refractivity contribution is 6.01. The molecule has 0 saturated heterocycles. The molecule has 1 unspecified atom stereocenters. The van der Waals surface area contributed by atoms with Gasteiger partial charge in [0.15, 0.2) is 11.6 Å². The highest BCUT2D eigenvalue weighted by atomic mass is 16.5. The van der Waals surface area contributed by atoms with Gasteiger partial charge in [-0.1, -0.05) is 80.1 Å². The molecule has 0 spiro atoms. The lowest BCUT2D eigenvalue weighted by atomic mass is 9.55. The monoisotopic (exact) mass is 1320 g/mol. The van der Waals surface area contributed by atoms with E-state index in [0.717, 1.165) is 95.6 Å². The molecule has 1 fully saturated rings. The summed E-state index contributed by atoms with van der Waals surface area (Å²) in [5, 5.41) is 48.5. The lowest BCUT2D eigenvalue weighted by Gasteiger charge is -2.46. The quantitative estimate of drug-likeness (QED) is 0.0725. The van der Waals surface area contributed by atoms with E-state index >= 15 is 0 Å². The van der Waals surface area contributed by atoms with Crippen molar-refractivity contribution < 1.29 is 59.6 Å². The summed E-state index contributed by atoms with van der Waals surface area (Å²) < 4.78 is 22.7. The van der Waals surface area contributed by atoms with Crippen LogP contribution in [0.3, 0.4) is 0 Å². The third-order valence-electron chi connectivity index (χ3n) is 22.2. The Bertz CT molecular complexity index is 4180. The molecule has 0 aliphatic heterocycles. The smallest absolute Gasteiger partial charge is 0.356 e. The van der Waals surface area contributed by atoms with E-state index in [1.54, 1.807) is 67.1 Å². The SMILES string of the molecule is CCOC(=O)c1c2c(nn1C)[C@@]1(C)Cc3cnoc3[C@@H](C)[C@@H]1CC2.CNO.[3H]C.[C-]#[N+]C1=C[C@]2(C)c3nn(C)c(C(=O)N(C)C)c3CC[C@H]2[C@H](C)C1=O.[C-]#[N+]C1=C[C@]2(C)c3nn(C)c(C(=O)O)c3CC[C@H]2[C@H](C)C1=O.[C-]#[N+]C1C[C@]2(C)c3nn(C)c(C(=O)O)c3CC[C@H]2[C@H](C)C1=O. The fraction of sp³-hybridized carbons (Fsp3) is 0.586. The van der Waals surface area contributed by atoms with Gasteiger partial charge in [0.05, 0.1) is 48.7 Å². The molecule has 0 aromatic carbocycles. The topological polar surface area (TPSA) is 315 Å². The standard InChI is InChI=1S/C18H22N4O2.C18H23N3O3.C16H19N3O3.C16H17N3O3.CH5NO.CH4/c1-10-12-8-7-11-14(17(24)21(4)5)22(6)20-16(11)18(12,2)9-13(19-3)15(10)23;1-5-23-17(22)14-12-6-7-13-10(2)15-11(9-19-24-15)8-18(13,3)16(12)20-21(14)4;2*1-8-10-6-5-9-12(15(21)22)19(4)18-14(9)16(10,2)7-11(17-3)13(8)20;1-2-3;/h9-10,12H,7-8H2,1-2,4-6H3;9-10,13H,5-8H2,1-4H3;8,10-11H,5-7H2,1-2,4H3,(H,21,22);7-8,10H,5-6H2,1-2,4H3,(H,21,22);2-3H,1H3;1H4/t10-,12-,18-;10-,13-,18-;8-,10-,11?,16-;8-,10-,16-;;/m0000../s1/i;;;;;1T. The van der Waals surface area contributed by atoms with Crippen LogP contribution in [0.2, 0.25) is 0 Å².